The summed E-state index contributed by atoms with van der Waals surface area (Å²) >= 11 is 0. The number of aromatic nitrogens is 2. The van der Waals surface area contributed by atoms with Crippen molar-refractivity contribution >= 4 is 11.6 Å². The number of hydrogen-bond acceptors (Lipinski definition) is 3. The van der Waals surface area contributed by atoms with Gasteiger partial charge in [-0.05, 0) is 49.4 Å². The lowest BCUT2D eigenvalue weighted by atomic mass is 10.0. The van der Waals surface area contributed by atoms with Crippen molar-refractivity contribution in [2.75, 3.05) is 11.9 Å². The van der Waals surface area contributed by atoms with E-state index >= 15 is 0 Å². The van der Waals surface area contributed by atoms with Crippen LogP contribution in [0.3, 0.4) is 0 Å². The van der Waals surface area contributed by atoms with Crippen LogP contribution in [0.2, 0.25) is 0 Å². The number of nitrogens with zero attached hydrogens (tertiary/aromatic N) is 2. The van der Waals surface area contributed by atoms with Gasteiger partial charge in [-0.25, -0.2) is 0 Å². The number of amides is 1. The van der Waals surface area contributed by atoms with E-state index < -0.39 is 0 Å². The molecule has 152 valence electrons. The molecule has 1 N–H and O–H groups in total. The zero-order valence-electron chi connectivity index (χ0n) is 17.8. The van der Waals surface area contributed by atoms with Crippen LogP contribution in [0.4, 0.5) is 5.69 Å². The lowest BCUT2D eigenvalue weighted by Gasteiger charge is -2.15. The van der Waals surface area contributed by atoms with Gasteiger partial charge in [-0.3, -0.25) is 9.48 Å². The van der Waals surface area contributed by atoms with Crippen LogP contribution in [-0.2, 0) is 11.3 Å². The summed E-state index contributed by atoms with van der Waals surface area (Å²) in [5, 5.41) is 7.56. The summed E-state index contributed by atoms with van der Waals surface area (Å²) in [5.74, 6) is 0.907. The van der Waals surface area contributed by atoms with Crippen molar-refractivity contribution in [1.29, 1.82) is 0 Å². The van der Waals surface area contributed by atoms with Crippen molar-refractivity contribution in [3.8, 4) is 5.75 Å². The molecule has 1 amide bonds. The van der Waals surface area contributed by atoms with Crippen molar-refractivity contribution in [2.24, 2.45) is 0 Å². The second kappa shape index (κ2) is 8.95. The minimum absolute atomic E-state index is 0.0358. The fourth-order valence-corrected chi connectivity index (χ4v) is 3.35. The molecule has 0 saturated carbocycles. The summed E-state index contributed by atoms with van der Waals surface area (Å²) in [6, 6.07) is 16.3. The SMILES string of the molecule is Cc1ccc(C(C)C)c(OCC(=O)Nc2c(C)nn(Cc3ccccc3)c2C)c1. The van der Waals surface area contributed by atoms with E-state index in [1.54, 1.807) is 0 Å². The highest BCUT2D eigenvalue weighted by atomic mass is 16.5. The molecule has 0 fully saturated rings. The van der Waals surface area contributed by atoms with E-state index in [2.05, 4.69) is 48.5 Å². The molecule has 29 heavy (non-hydrogen) atoms. The van der Waals surface area contributed by atoms with E-state index in [9.17, 15) is 4.79 Å². The summed E-state index contributed by atoms with van der Waals surface area (Å²) in [4.78, 5) is 12.6. The second-order valence-corrected chi connectivity index (χ2v) is 7.72. The fraction of sp³-hybridized carbons (Fsp3) is 0.333. The molecule has 0 saturated heterocycles. The second-order valence-electron chi connectivity index (χ2n) is 7.72. The first kappa shape index (κ1) is 20.6. The zero-order valence-corrected chi connectivity index (χ0v) is 17.8. The summed E-state index contributed by atoms with van der Waals surface area (Å²) in [6.45, 7) is 10.8. The molecule has 0 spiro atoms. The van der Waals surface area contributed by atoms with Gasteiger partial charge in [-0.1, -0.05) is 56.3 Å². The quantitative estimate of drug-likeness (QED) is 0.617. The molecule has 3 rings (SSSR count). The highest BCUT2D eigenvalue weighted by Gasteiger charge is 2.16. The van der Waals surface area contributed by atoms with Crippen molar-refractivity contribution < 1.29 is 9.53 Å². The van der Waals surface area contributed by atoms with E-state index in [1.165, 1.54) is 5.56 Å². The number of carbonyl (C=O) groups is 1. The maximum absolute atomic E-state index is 12.6. The Morgan fingerprint density at radius 2 is 1.83 bits per heavy atom. The van der Waals surface area contributed by atoms with Crippen LogP contribution in [0.15, 0.2) is 48.5 Å². The normalized spacial score (nSPS) is 11.0. The number of hydrogen-bond donors (Lipinski definition) is 1. The van der Waals surface area contributed by atoms with Crippen LogP contribution < -0.4 is 10.1 Å². The first-order valence-electron chi connectivity index (χ1n) is 9.96. The Morgan fingerprint density at radius 3 is 2.52 bits per heavy atom. The van der Waals surface area contributed by atoms with Crippen molar-refractivity contribution in [1.82, 2.24) is 9.78 Å². The van der Waals surface area contributed by atoms with Crippen LogP contribution in [0, 0.1) is 20.8 Å². The summed E-state index contributed by atoms with van der Waals surface area (Å²) in [6.07, 6.45) is 0. The average Bonchev–Trinajstić information content (AvgIpc) is 2.94. The molecule has 3 aromatic rings. The van der Waals surface area contributed by atoms with Gasteiger partial charge in [0.1, 0.15) is 5.75 Å². The Hall–Kier alpha value is -3.08. The van der Waals surface area contributed by atoms with Crippen LogP contribution in [0.5, 0.6) is 5.75 Å². The molecule has 1 heterocycles. The maximum Gasteiger partial charge on any atom is 0.262 e. The van der Waals surface area contributed by atoms with Crippen LogP contribution in [-0.4, -0.2) is 22.3 Å². The van der Waals surface area contributed by atoms with Crippen molar-refractivity contribution in [2.45, 2.75) is 47.1 Å². The molecule has 0 bridgehead atoms. The summed E-state index contributed by atoms with van der Waals surface area (Å²) < 4.78 is 7.77. The van der Waals surface area contributed by atoms with E-state index in [0.29, 0.717) is 12.5 Å². The van der Waals surface area contributed by atoms with Crippen LogP contribution >= 0.6 is 0 Å². The molecule has 0 aliphatic rings. The lowest BCUT2D eigenvalue weighted by Crippen LogP contribution is -2.21. The topological polar surface area (TPSA) is 56.1 Å². The number of anilines is 1. The molecule has 5 nitrogen and oxygen atoms in total. The minimum Gasteiger partial charge on any atom is -0.483 e. The largest absolute Gasteiger partial charge is 0.483 e. The van der Waals surface area contributed by atoms with E-state index in [1.807, 2.05) is 49.7 Å². The number of aryl methyl sites for hydroxylation is 2. The Bertz CT molecular complexity index is 991. The molecule has 0 radical (unpaired) electrons. The van der Waals surface area contributed by atoms with Crippen molar-refractivity contribution in [3.05, 3.63) is 76.6 Å². The Labute approximate surface area is 172 Å². The molecule has 0 aliphatic heterocycles. The molecule has 2 aromatic carbocycles. The zero-order chi connectivity index (χ0) is 21.0. The highest BCUT2D eigenvalue weighted by molar-refractivity contribution is 5.93. The highest BCUT2D eigenvalue weighted by Crippen LogP contribution is 2.27. The Balaban J connectivity index is 1.68. The van der Waals surface area contributed by atoms with E-state index in [0.717, 1.165) is 34.0 Å². The molecular weight excluding hydrogens is 362 g/mol. The third-order valence-corrected chi connectivity index (χ3v) is 4.97. The number of nitrogens with one attached hydrogen (secondary N) is 1. The number of benzene rings is 2. The standard InChI is InChI=1S/C24H29N3O2/c1-16(2)21-12-11-17(3)13-22(21)29-15-23(28)25-24-18(4)26-27(19(24)5)14-20-9-7-6-8-10-20/h6-13,16H,14-15H2,1-5H3,(H,25,28). The van der Waals surface area contributed by atoms with Crippen molar-refractivity contribution in [3.63, 3.8) is 0 Å². The minimum atomic E-state index is -0.188. The molecule has 5 heteroatoms. The third-order valence-electron chi connectivity index (χ3n) is 4.97. The van der Waals surface area contributed by atoms with Gasteiger partial charge in [0.2, 0.25) is 0 Å². The van der Waals surface area contributed by atoms with Gasteiger partial charge in [-0.15, -0.1) is 0 Å². The lowest BCUT2D eigenvalue weighted by molar-refractivity contribution is -0.118. The van der Waals surface area contributed by atoms with Gasteiger partial charge in [0, 0.05) is 0 Å². The van der Waals surface area contributed by atoms with Crippen LogP contribution in [0.25, 0.3) is 0 Å². The molecule has 0 atom stereocenters. The first-order chi connectivity index (χ1) is 13.8. The maximum atomic E-state index is 12.6. The fourth-order valence-electron chi connectivity index (χ4n) is 3.35. The molecule has 0 unspecified atom stereocenters. The average molecular weight is 392 g/mol. The number of ether oxygens (including phenoxy) is 1. The predicted octanol–water partition coefficient (Wildman–Crippen LogP) is 5.00. The summed E-state index contributed by atoms with van der Waals surface area (Å²) in [5.41, 5.74) is 5.86. The van der Waals surface area contributed by atoms with Gasteiger partial charge < -0.3 is 10.1 Å². The van der Waals surface area contributed by atoms with Gasteiger partial charge in [0.15, 0.2) is 6.61 Å². The number of carbonyl (C=O) groups excluding carboxylic acids is 1. The molecule has 1 aromatic heterocycles. The van der Waals surface area contributed by atoms with Gasteiger partial charge in [-0.2, -0.15) is 5.10 Å². The number of rotatable bonds is 7. The molecule has 0 aliphatic carbocycles. The van der Waals surface area contributed by atoms with Gasteiger partial charge in [0.05, 0.1) is 23.6 Å². The smallest absolute Gasteiger partial charge is 0.262 e. The third kappa shape index (κ3) is 5.05. The Morgan fingerprint density at radius 1 is 1.10 bits per heavy atom. The summed E-state index contributed by atoms with van der Waals surface area (Å²) in [7, 11) is 0. The van der Waals surface area contributed by atoms with Gasteiger partial charge >= 0.3 is 0 Å². The monoisotopic (exact) mass is 391 g/mol. The van der Waals surface area contributed by atoms with E-state index in [4.69, 9.17) is 4.74 Å². The van der Waals surface area contributed by atoms with Crippen LogP contribution in [0.1, 0.15) is 47.8 Å². The predicted molar refractivity (Wildman–Crippen MR) is 117 cm³/mol. The first-order valence-corrected chi connectivity index (χ1v) is 9.96. The Kier molecular flexibility index (Phi) is 6.37. The molecular formula is C24H29N3O2. The van der Waals surface area contributed by atoms with Gasteiger partial charge in [0.25, 0.3) is 5.91 Å². The van der Waals surface area contributed by atoms with E-state index in [-0.39, 0.29) is 12.5 Å².